The maximum absolute atomic E-state index is 13.7. The fourth-order valence-electron chi connectivity index (χ4n) is 4.58. The molecule has 0 radical (unpaired) electrons. The van der Waals surface area contributed by atoms with Gasteiger partial charge in [-0.25, -0.2) is 0 Å². The third-order valence-corrected chi connectivity index (χ3v) is 6.97. The predicted octanol–water partition coefficient (Wildman–Crippen LogP) is 5.69. The molecule has 4 nitrogen and oxygen atoms in total. The first-order valence-corrected chi connectivity index (χ1v) is 12.8. The van der Waals surface area contributed by atoms with Crippen LogP contribution in [0.1, 0.15) is 42.4 Å². The van der Waals surface area contributed by atoms with Crippen molar-refractivity contribution in [2.45, 2.75) is 57.2 Å². The molecule has 1 saturated carbocycles. The van der Waals surface area contributed by atoms with Crippen molar-refractivity contribution in [1.29, 1.82) is 0 Å². The first kappa shape index (κ1) is 24.2. The van der Waals surface area contributed by atoms with Gasteiger partial charge in [-0.2, -0.15) is 0 Å². The van der Waals surface area contributed by atoms with Gasteiger partial charge in [-0.05, 0) is 41.7 Å². The van der Waals surface area contributed by atoms with Gasteiger partial charge in [-0.3, -0.25) is 9.59 Å². The van der Waals surface area contributed by atoms with Gasteiger partial charge in [-0.15, -0.1) is 0 Å². The van der Waals surface area contributed by atoms with Crippen molar-refractivity contribution in [2.75, 3.05) is 0 Å². The lowest BCUT2D eigenvalue weighted by Gasteiger charge is -2.32. The van der Waals surface area contributed by atoms with E-state index in [0.29, 0.717) is 13.0 Å². The minimum Gasteiger partial charge on any atom is -0.352 e. The van der Waals surface area contributed by atoms with Gasteiger partial charge in [0, 0.05) is 23.5 Å². The Morgan fingerprint density at radius 1 is 0.824 bits per heavy atom. The maximum atomic E-state index is 13.7. The zero-order chi connectivity index (χ0) is 23.8. The van der Waals surface area contributed by atoms with Gasteiger partial charge in [-0.1, -0.05) is 102 Å². The number of hydrogen-bond acceptors (Lipinski definition) is 2. The van der Waals surface area contributed by atoms with Crippen molar-refractivity contribution in [3.8, 4) is 0 Å². The lowest BCUT2D eigenvalue weighted by atomic mass is 10.0. The summed E-state index contributed by atoms with van der Waals surface area (Å²) in [5.74, 6) is -0.106. The van der Waals surface area contributed by atoms with Crippen molar-refractivity contribution in [2.24, 2.45) is 0 Å². The molecule has 1 atom stereocenters. The van der Waals surface area contributed by atoms with Gasteiger partial charge in [0.1, 0.15) is 6.04 Å². The van der Waals surface area contributed by atoms with E-state index in [1.807, 2.05) is 84.9 Å². The van der Waals surface area contributed by atoms with Crippen LogP contribution in [0.2, 0.25) is 0 Å². The Morgan fingerprint density at radius 3 is 2.03 bits per heavy atom. The molecule has 0 unspecified atom stereocenters. The number of benzene rings is 3. The van der Waals surface area contributed by atoms with Gasteiger partial charge in [0.05, 0.1) is 6.42 Å². The molecule has 1 N–H and O–H groups in total. The Morgan fingerprint density at radius 2 is 1.41 bits per heavy atom. The number of carbonyl (C=O) groups is 2. The maximum Gasteiger partial charge on any atom is 0.243 e. The Kier molecular flexibility index (Phi) is 8.53. The van der Waals surface area contributed by atoms with E-state index in [2.05, 4.69) is 21.2 Å². The molecule has 1 aliphatic rings. The van der Waals surface area contributed by atoms with Crippen LogP contribution < -0.4 is 5.32 Å². The Bertz CT molecular complexity index is 1060. The fourth-order valence-corrected chi connectivity index (χ4v) is 4.84. The number of carbonyl (C=O) groups excluding carboxylic acids is 2. The van der Waals surface area contributed by atoms with Crippen molar-refractivity contribution < 1.29 is 9.59 Å². The third kappa shape index (κ3) is 6.80. The number of hydrogen-bond donors (Lipinski definition) is 1. The van der Waals surface area contributed by atoms with E-state index in [0.717, 1.165) is 46.8 Å². The molecule has 34 heavy (non-hydrogen) atoms. The normalized spacial score (nSPS) is 14.5. The second-order valence-corrected chi connectivity index (χ2v) is 9.92. The van der Waals surface area contributed by atoms with E-state index in [1.165, 1.54) is 0 Å². The van der Waals surface area contributed by atoms with Gasteiger partial charge in [0.15, 0.2) is 0 Å². The molecular weight excluding hydrogens is 488 g/mol. The third-order valence-electron chi connectivity index (χ3n) is 6.44. The van der Waals surface area contributed by atoms with Gasteiger partial charge >= 0.3 is 0 Å². The van der Waals surface area contributed by atoms with Crippen LogP contribution in [0.5, 0.6) is 0 Å². The average molecular weight is 519 g/mol. The van der Waals surface area contributed by atoms with E-state index >= 15 is 0 Å². The van der Waals surface area contributed by atoms with Crippen LogP contribution in [0.25, 0.3) is 0 Å². The molecule has 176 valence electrons. The molecule has 5 heteroatoms. The standard InChI is InChI=1S/C29H31BrN2O2/c30-25-17-15-24(16-18-25)21-32(28(33)20-23-11-5-2-6-12-23)27(19-22-9-3-1-4-10-22)29(34)31-26-13-7-8-14-26/h1-6,9-12,15-18,26-27H,7-8,13-14,19-21H2,(H,31,34)/t27-/m1/s1. The summed E-state index contributed by atoms with van der Waals surface area (Å²) >= 11 is 3.49. The first-order valence-electron chi connectivity index (χ1n) is 12.0. The van der Waals surface area contributed by atoms with Crippen LogP contribution in [-0.4, -0.2) is 28.8 Å². The van der Waals surface area contributed by atoms with E-state index in [4.69, 9.17) is 0 Å². The molecule has 3 aromatic rings. The summed E-state index contributed by atoms with van der Waals surface area (Å²) in [5.41, 5.74) is 2.99. The summed E-state index contributed by atoms with van der Waals surface area (Å²) in [4.78, 5) is 29.1. The van der Waals surface area contributed by atoms with E-state index < -0.39 is 6.04 Å². The second-order valence-electron chi connectivity index (χ2n) is 9.01. The smallest absolute Gasteiger partial charge is 0.243 e. The number of nitrogens with zero attached hydrogens (tertiary/aromatic N) is 1. The molecule has 1 fully saturated rings. The summed E-state index contributed by atoms with van der Waals surface area (Å²) in [6.45, 7) is 0.383. The zero-order valence-corrected chi connectivity index (χ0v) is 20.9. The van der Waals surface area contributed by atoms with E-state index in [1.54, 1.807) is 4.90 Å². The monoisotopic (exact) mass is 518 g/mol. The topological polar surface area (TPSA) is 49.4 Å². The SMILES string of the molecule is O=C(NC1CCCC1)[C@@H](Cc1ccccc1)N(Cc1ccc(Br)cc1)C(=O)Cc1ccccc1. The summed E-state index contributed by atoms with van der Waals surface area (Å²) in [5, 5.41) is 3.25. The van der Waals surface area contributed by atoms with Gasteiger partial charge in [0.2, 0.25) is 11.8 Å². The molecule has 4 rings (SSSR count). The van der Waals surface area contributed by atoms with E-state index in [-0.39, 0.29) is 24.3 Å². The molecule has 0 aliphatic heterocycles. The van der Waals surface area contributed by atoms with Gasteiger partial charge in [0.25, 0.3) is 0 Å². The summed E-state index contributed by atoms with van der Waals surface area (Å²) in [6, 6.07) is 27.3. The Hall–Kier alpha value is -2.92. The largest absolute Gasteiger partial charge is 0.352 e. The molecule has 0 saturated heterocycles. The Labute approximate surface area is 210 Å². The Balaban J connectivity index is 1.64. The van der Waals surface area contributed by atoms with Crippen LogP contribution in [-0.2, 0) is 29.0 Å². The molecule has 0 spiro atoms. The highest BCUT2D eigenvalue weighted by Crippen LogP contribution is 2.21. The summed E-state index contributed by atoms with van der Waals surface area (Å²) < 4.78 is 0.984. The van der Waals surface area contributed by atoms with Crippen LogP contribution in [0, 0.1) is 0 Å². The highest BCUT2D eigenvalue weighted by Gasteiger charge is 2.32. The van der Waals surface area contributed by atoms with E-state index in [9.17, 15) is 9.59 Å². The lowest BCUT2D eigenvalue weighted by Crippen LogP contribution is -2.52. The van der Waals surface area contributed by atoms with Crippen molar-refractivity contribution in [1.82, 2.24) is 10.2 Å². The number of rotatable bonds is 9. The van der Waals surface area contributed by atoms with Crippen LogP contribution >= 0.6 is 15.9 Å². The molecule has 0 heterocycles. The quantitative estimate of drug-likeness (QED) is 0.395. The van der Waals surface area contributed by atoms with Gasteiger partial charge < -0.3 is 10.2 Å². The summed E-state index contributed by atoms with van der Waals surface area (Å²) in [6.07, 6.45) is 5.05. The first-order chi connectivity index (χ1) is 16.6. The fraction of sp³-hybridized carbons (Fsp3) is 0.310. The van der Waals surface area contributed by atoms with Crippen molar-refractivity contribution in [3.05, 3.63) is 106 Å². The van der Waals surface area contributed by atoms with Crippen molar-refractivity contribution in [3.63, 3.8) is 0 Å². The molecule has 0 aromatic heterocycles. The number of nitrogens with one attached hydrogen (secondary N) is 1. The van der Waals surface area contributed by atoms with Crippen LogP contribution in [0.15, 0.2) is 89.4 Å². The minimum atomic E-state index is -0.581. The highest BCUT2D eigenvalue weighted by atomic mass is 79.9. The highest BCUT2D eigenvalue weighted by molar-refractivity contribution is 9.10. The molecular formula is C29H31BrN2O2. The zero-order valence-electron chi connectivity index (χ0n) is 19.3. The predicted molar refractivity (Wildman–Crippen MR) is 139 cm³/mol. The van der Waals surface area contributed by atoms with Crippen molar-refractivity contribution >= 4 is 27.7 Å². The number of amides is 2. The summed E-state index contributed by atoms with van der Waals surface area (Å²) in [7, 11) is 0. The lowest BCUT2D eigenvalue weighted by molar-refractivity contribution is -0.141. The molecule has 1 aliphatic carbocycles. The number of halogens is 1. The molecule has 3 aromatic carbocycles. The molecule has 2 amide bonds. The minimum absolute atomic E-state index is 0.0448. The second kappa shape index (κ2) is 12.0. The van der Waals surface area contributed by atoms with Crippen LogP contribution in [0.4, 0.5) is 0 Å². The average Bonchev–Trinajstić information content (AvgIpc) is 3.36. The molecule has 0 bridgehead atoms. The van der Waals surface area contributed by atoms with Crippen LogP contribution in [0.3, 0.4) is 0 Å².